The molecule has 2 aromatic rings. The first-order valence-corrected chi connectivity index (χ1v) is 7.16. The molecule has 110 valence electrons. The summed E-state index contributed by atoms with van der Waals surface area (Å²) in [5, 5.41) is 20.9. The van der Waals surface area contributed by atoms with E-state index in [4.69, 9.17) is 5.26 Å². The minimum absolute atomic E-state index is 0.297. The quantitative estimate of drug-likeness (QED) is 0.894. The lowest BCUT2D eigenvalue weighted by Crippen LogP contribution is -2.15. The van der Waals surface area contributed by atoms with Crippen LogP contribution in [0.1, 0.15) is 21.1 Å². The predicted molar refractivity (Wildman–Crippen MR) is 80.2 cm³/mol. The lowest BCUT2D eigenvalue weighted by molar-refractivity contribution is 0.101. The van der Waals surface area contributed by atoms with Crippen LogP contribution in [0.15, 0.2) is 12.3 Å². The summed E-state index contributed by atoms with van der Waals surface area (Å²) >= 11 is 1.36. The number of carbonyl (C=O) groups is 1. The number of rotatable bonds is 5. The number of aryl methyl sites for hydroxylation is 1. The van der Waals surface area contributed by atoms with Crippen LogP contribution in [0.2, 0.25) is 0 Å². The monoisotopic (exact) mass is 304 g/mol. The van der Waals surface area contributed by atoms with E-state index in [9.17, 15) is 4.79 Å². The third-order valence-electron chi connectivity index (χ3n) is 2.83. The summed E-state index contributed by atoms with van der Waals surface area (Å²) in [5.41, 5.74) is 0.864. The molecule has 7 nitrogen and oxygen atoms in total. The van der Waals surface area contributed by atoms with E-state index in [1.54, 1.807) is 23.9 Å². The van der Waals surface area contributed by atoms with Crippen molar-refractivity contribution in [3.8, 4) is 6.07 Å². The molecule has 0 saturated heterocycles. The normalized spacial score (nSPS) is 10.6. The molecule has 0 unspecified atom stereocenters. The Bertz CT molecular complexity index is 681. The fourth-order valence-corrected chi connectivity index (χ4v) is 2.46. The highest BCUT2D eigenvalue weighted by Gasteiger charge is 2.14. The van der Waals surface area contributed by atoms with E-state index in [2.05, 4.69) is 20.4 Å². The highest BCUT2D eigenvalue weighted by molar-refractivity contribution is 7.15. The molecule has 0 atom stereocenters. The second-order valence-electron chi connectivity index (χ2n) is 4.85. The number of nitrogens with one attached hydrogen (secondary N) is 1. The second kappa shape index (κ2) is 6.47. The fourth-order valence-electron chi connectivity index (χ4n) is 1.74. The average Bonchev–Trinajstić information content (AvgIpc) is 3.02. The van der Waals surface area contributed by atoms with Crippen molar-refractivity contribution in [1.82, 2.24) is 19.7 Å². The molecule has 21 heavy (non-hydrogen) atoms. The van der Waals surface area contributed by atoms with Crippen molar-refractivity contribution in [2.75, 3.05) is 26.0 Å². The van der Waals surface area contributed by atoms with Crippen molar-refractivity contribution in [3.63, 3.8) is 0 Å². The van der Waals surface area contributed by atoms with E-state index >= 15 is 0 Å². The third kappa shape index (κ3) is 3.87. The van der Waals surface area contributed by atoms with Crippen molar-refractivity contribution >= 4 is 22.4 Å². The minimum Gasteiger partial charge on any atom is -0.345 e. The maximum Gasteiger partial charge on any atom is 0.274 e. The molecule has 8 heteroatoms. The van der Waals surface area contributed by atoms with Gasteiger partial charge in [-0.3, -0.25) is 10.1 Å². The smallest absolute Gasteiger partial charge is 0.274 e. The molecule has 0 fully saturated rings. The lowest BCUT2D eigenvalue weighted by Gasteiger charge is -2.05. The first-order valence-electron chi connectivity index (χ1n) is 6.34. The molecule has 0 saturated carbocycles. The third-order valence-corrected chi connectivity index (χ3v) is 3.73. The SMILES string of the molecule is CN(C)CCc1nnc(NC(=O)c2cc(C#N)cn2C)s1. The largest absolute Gasteiger partial charge is 0.345 e. The maximum atomic E-state index is 12.1. The molecule has 0 radical (unpaired) electrons. The number of aromatic nitrogens is 3. The van der Waals surface area contributed by atoms with Crippen LogP contribution >= 0.6 is 11.3 Å². The Balaban J connectivity index is 2.02. The van der Waals surface area contributed by atoms with Gasteiger partial charge in [0.1, 0.15) is 16.8 Å². The number of hydrogen-bond donors (Lipinski definition) is 1. The van der Waals surface area contributed by atoms with E-state index in [1.807, 2.05) is 20.2 Å². The van der Waals surface area contributed by atoms with Crippen LogP contribution in [-0.2, 0) is 13.5 Å². The van der Waals surface area contributed by atoms with Gasteiger partial charge in [0, 0.05) is 26.2 Å². The Morgan fingerprint density at radius 1 is 1.52 bits per heavy atom. The van der Waals surface area contributed by atoms with Gasteiger partial charge in [-0.2, -0.15) is 5.26 Å². The van der Waals surface area contributed by atoms with Crippen molar-refractivity contribution in [3.05, 3.63) is 28.5 Å². The molecule has 0 bridgehead atoms. The summed E-state index contributed by atoms with van der Waals surface area (Å²) in [6.07, 6.45) is 2.40. The minimum atomic E-state index is -0.297. The Morgan fingerprint density at radius 2 is 2.29 bits per heavy atom. The standard InChI is InChI=1S/C13H16N6OS/c1-18(2)5-4-11-16-17-13(21-11)15-12(20)10-6-9(7-14)8-19(10)3/h6,8H,4-5H2,1-3H3,(H,15,17,20). The highest BCUT2D eigenvalue weighted by atomic mass is 32.1. The average molecular weight is 304 g/mol. The fraction of sp³-hybridized carbons (Fsp3) is 0.385. The topological polar surface area (TPSA) is 86.8 Å². The van der Waals surface area contributed by atoms with Crippen LogP contribution in [0.4, 0.5) is 5.13 Å². The number of nitriles is 1. The highest BCUT2D eigenvalue weighted by Crippen LogP contribution is 2.17. The molecule has 0 aromatic carbocycles. The van der Waals surface area contributed by atoms with Gasteiger partial charge in [-0.05, 0) is 20.2 Å². The summed E-state index contributed by atoms with van der Waals surface area (Å²) in [4.78, 5) is 14.2. The summed E-state index contributed by atoms with van der Waals surface area (Å²) in [7, 11) is 5.70. The zero-order valence-corrected chi connectivity index (χ0v) is 12.9. The molecule has 1 amide bonds. The van der Waals surface area contributed by atoms with Crippen LogP contribution < -0.4 is 5.32 Å². The lowest BCUT2D eigenvalue weighted by atomic mass is 10.3. The van der Waals surface area contributed by atoms with Crippen molar-refractivity contribution in [2.24, 2.45) is 7.05 Å². The zero-order valence-electron chi connectivity index (χ0n) is 12.1. The Labute approximate surface area is 126 Å². The molecule has 1 N–H and O–H groups in total. The molecule has 2 aromatic heterocycles. The number of amides is 1. The molecule has 0 aliphatic rings. The van der Waals surface area contributed by atoms with Crippen LogP contribution in [0, 0.1) is 11.3 Å². The van der Waals surface area contributed by atoms with Gasteiger partial charge < -0.3 is 9.47 Å². The van der Waals surface area contributed by atoms with Gasteiger partial charge in [0.2, 0.25) is 5.13 Å². The molecule has 0 spiro atoms. The summed E-state index contributed by atoms with van der Waals surface area (Å²) in [5.74, 6) is -0.297. The van der Waals surface area contributed by atoms with E-state index in [0.29, 0.717) is 16.4 Å². The molecular weight excluding hydrogens is 288 g/mol. The molecule has 2 heterocycles. The number of anilines is 1. The van der Waals surface area contributed by atoms with Gasteiger partial charge >= 0.3 is 0 Å². The molecular formula is C13H16N6OS. The van der Waals surface area contributed by atoms with E-state index in [1.165, 1.54) is 11.3 Å². The number of likely N-dealkylation sites (N-methyl/N-ethyl adjacent to an activating group) is 1. The summed E-state index contributed by atoms with van der Waals surface area (Å²) in [6, 6.07) is 3.55. The van der Waals surface area contributed by atoms with Crippen LogP contribution in [0.25, 0.3) is 0 Å². The zero-order chi connectivity index (χ0) is 15.4. The van der Waals surface area contributed by atoms with E-state index in [0.717, 1.165) is 18.0 Å². The van der Waals surface area contributed by atoms with Gasteiger partial charge in [0.15, 0.2) is 0 Å². The second-order valence-corrected chi connectivity index (χ2v) is 5.91. The number of hydrogen-bond acceptors (Lipinski definition) is 6. The maximum absolute atomic E-state index is 12.1. The van der Waals surface area contributed by atoms with Gasteiger partial charge in [-0.25, -0.2) is 0 Å². The molecule has 0 aliphatic heterocycles. The molecule has 0 aliphatic carbocycles. The van der Waals surface area contributed by atoms with Gasteiger partial charge in [-0.1, -0.05) is 11.3 Å². The van der Waals surface area contributed by atoms with Crippen molar-refractivity contribution < 1.29 is 4.79 Å². The predicted octanol–water partition coefficient (Wildman–Crippen LogP) is 1.10. The summed E-state index contributed by atoms with van der Waals surface area (Å²) < 4.78 is 1.61. The van der Waals surface area contributed by atoms with Gasteiger partial charge in [-0.15, -0.1) is 10.2 Å². The Morgan fingerprint density at radius 3 is 2.90 bits per heavy atom. The van der Waals surface area contributed by atoms with E-state index < -0.39 is 0 Å². The first-order chi connectivity index (χ1) is 9.99. The first kappa shape index (κ1) is 15.2. The number of carbonyl (C=O) groups excluding carboxylic acids is 1. The van der Waals surface area contributed by atoms with Crippen molar-refractivity contribution in [2.45, 2.75) is 6.42 Å². The Kier molecular flexibility index (Phi) is 4.67. The van der Waals surface area contributed by atoms with Crippen LogP contribution in [0.3, 0.4) is 0 Å². The van der Waals surface area contributed by atoms with Crippen LogP contribution in [0.5, 0.6) is 0 Å². The summed E-state index contributed by atoms with van der Waals surface area (Å²) in [6.45, 7) is 0.881. The van der Waals surface area contributed by atoms with Crippen LogP contribution in [-0.4, -0.2) is 46.2 Å². The Hall–Kier alpha value is -2.24. The number of nitrogens with zero attached hydrogens (tertiary/aromatic N) is 5. The van der Waals surface area contributed by atoms with Gasteiger partial charge in [0.25, 0.3) is 5.91 Å². The van der Waals surface area contributed by atoms with E-state index in [-0.39, 0.29) is 5.91 Å². The van der Waals surface area contributed by atoms with Gasteiger partial charge in [0.05, 0.1) is 5.56 Å². The van der Waals surface area contributed by atoms with Crippen molar-refractivity contribution in [1.29, 1.82) is 5.26 Å². The molecule has 2 rings (SSSR count).